The molecule has 0 aliphatic heterocycles. The van der Waals surface area contributed by atoms with Gasteiger partial charge >= 0.3 is 5.97 Å². The Kier molecular flexibility index (Phi) is 5.98. The maximum atomic E-state index is 12.2. The second-order valence-electron chi connectivity index (χ2n) is 5.36. The minimum absolute atomic E-state index is 0.0650. The van der Waals surface area contributed by atoms with Crippen LogP contribution in [-0.4, -0.2) is 30.9 Å². The van der Waals surface area contributed by atoms with Crippen molar-refractivity contribution >= 4 is 23.2 Å². The lowest BCUT2D eigenvalue weighted by molar-refractivity contribution is -0.130. The summed E-state index contributed by atoms with van der Waals surface area (Å²) < 4.78 is 10.2. The Hall–Kier alpha value is -2.08. The molecule has 0 N–H and O–H groups in total. The first kappa shape index (κ1) is 17.3. The van der Waals surface area contributed by atoms with Gasteiger partial charge in [0, 0.05) is 18.3 Å². The van der Waals surface area contributed by atoms with Crippen LogP contribution in [0.15, 0.2) is 28.0 Å². The van der Waals surface area contributed by atoms with Gasteiger partial charge in [0.1, 0.15) is 17.1 Å². The Bertz CT molecular complexity index is 660. The van der Waals surface area contributed by atoms with Crippen LogP contribution in [0.2, 0.25) is 0 Å². The topological polar surface area (TPSA) is 59.8 Å². The lowest BCUT2D eigenvalue weighted by Crippen LogP contribution is -2.25. The van der Waals surface area contributed by atoms with Gasteiger partial charge in [0.2, 0.25) is 5.91 Å². The molecule has 0 saturated heterocycles. The quantitative estimate of drug-likeness (QED) is 0.728. The van der Waals surface area contributed by atoms with Crippen LogP contribution in [0.3, 0.4) is 0 Å². The number of carbonyl (C=O) groups is 2. The van der Waals surface area contributed by atoms with E-state index in [2.05, 4.69) is 6.07 Å². The predicted octanol–water partition coefficient (Wildman–Crippen LogP) is 3.42. The van der Waals surface area contributed by atoms with E-state index in [1.165, 1.54) is 12.0 Å². The standard InChI is InChI=1S/C17H21NO4S/c1-12-15(17(20)21-3)10-13(22-12)11-18(2)16(19)8-4-6-14-7-5-9-23-14/h5,7,9-10H,4,6,8,11H2,1-3H3. The summed E-state index contributed by atoms with van der Waals surface area (Å²) in [7, 11) is 3.07. The highest BCUT2D eigenvalue weighted by atomic mass is 32.1. The number of hydrogen-bond acceptors (Lipinski definition) is 5. The van der Waals surface area contributed by atoms with Crippen LogP contribution in [-0.2, 0) is 22.5 Å². The summed E-state index contributed by atoms with van der Waals surface area (Å²) in [5.41, 5.74) is 0.404. The molecule has 0 spiro atoms. The van der Waals surface area contributed by atoms with Crippen LogP contribution in [0.25, 0.3) is 0 Å². The van der Waals surface area contributed by atoms with Crippen molar-refractivity contribution in [2.45, 2.75) is 32.7 Å². The van der Waals surface area contributed by atoms with Crippen LogP contribution in [0.5, 0.6) is 0 Å². The summed E-state index contributed by atoms with van der Waals surface area (Å²) in [5.74, 6) is 0.722. The Morgan fingerprint density at radius 2 is 2.17 bits per heavy atom. The first-order valence-corrected chi connectivity index (χ1v) is 8.33. The Labute approximate surface area is 139 Å². The third kappa shape index (κ3) is 4.69. The minimum Gasteiger partial charge on any atom is -0.465 e. The molecule has 1 amide bonds. The Morgan fingerprint density at radius 3 is 2.83 bits per heavy atom. The molecule has 0 aromatic carbocycles. The maximum absolute atomic E-state index is 12.2. The number of thiophene rings is 1. The van der Waals surface area contributed by atoms with Crippen LogP contribution in [0.1, 0.15) is 39.6 Å². The predicted molar refractivity (Wildman–Crippen MR) is 88.5 cm³/mol. The molecule has 2 rings (SSSR count). The third-order valence-corrected chi connectivity index (χ3v) is 4.52. The number of furan rings is 1. The van der Waals surface area contributed by atoms with E-state index < -0.39 is 5.97 Å². The second-order valence-corrected chi connectivity index (χ2v) is 6.39. The molecule has 6 heteroatoms. The molecule has 0 saturated carbocycles. The maximum Gasteiger partial charge on any atom is 0.341 e. The molecule has 0 aliphatic carbocycles. The van der Waals surface area contributed by atoms with Gasteiger partial charge in [-0.3, -0.25) is 4.79 Å². The number of methoxy groups -OCH3 is 1. The molecule has 5 nitrogen and oxygen atoms in total. The van der Waals surface area contributed by atoms with Gasteiger partial charge in [-0.15, -0.1) is 11.3 Å². The van der Waals surface area contributed by atoms with Gasteiger partial charge in [-0.1, -0.05) is 6.07 Å². The van der Waals surface area contributed by atoms with Crippen LogP contribution >= 0.6 is 11.3 Å². The molecule has 2 aromatic heterocycles. The second kappa shape index (κ2) is 7.97. The lowest BCUT2D eigenvalue weighted by atomic mass is 10.2. The zero-order chi connectivity index (χ0) is 16.8. The van der Waals surface area contributed by atoms with Gasteiger partial charge in [0.15, 0.2) is 0 Å². The number of ether oxygens (including phenoxy) is 1. The molecule has 0 bridgehead atoms. The fourth-order valence-corrected chi connectivity index (χ4v) is 3.07. The van der Waals surface area contributed by atoms with Crippen molar-refractivity contribution in [1.82, 2.24) is 4.90 Å². The number of rotatable bonds is 7. The highest BCUT2D eigenvalue weighted by Crippen LogP contribution is 2.18. The molecular weight excluding hydrogens is 314 g/mol. The van der Waals surface area contributed by atoms with Crippen molar-refractivity contribution in [2.24, 2.45) is 0 Å². The van der Waals surface area contributed by atoms with Crippen LogP contribution in [0.4, 0.5) is 0 Å². The van der Waals surface area contributed by atoms with Crippen molar-refractivity contribution in [1.29, 1.82) is 0 Å². The summed E-state index contributed by atoms with van der Waals surface area (Å²) in [5, 5.41) is 2.04. The molecule has 0 fully saturated rings. The van der Waals surface area contributed by atoms with Crippen molar-refractivity contribution in [3.63, 3.8) is 0 Å². The van der Waals surface area contributed by atoms with Gasteiger partial charge in [0.25, 0.3) is 0 Å². The van der Waals surface area contributed by atoms with E-state index >= 15 is 0 Å². The SMILES string of the molecule is COC(=O)c1cc(CN(C)C(=O)CCCc2cccs2)oc1C. The number of esters is 1. The fraction of sp³-hybridized carbons (Fsp3) is 0.412. The lowest BCUT2D eigenvalue weighted by Gasteiger charge is -2.15. The molecular formula is C17H21NO4S. The van der Waals surface area contributed by atoms with Gasteiger partial charge < -0.3 is 14.1 Å². The smallest absolute Gasteiger partial charge is 0.341 e. The van der Waals surface area contributed by atoms with Crippen LogP contribution < -0.4 is 0 Å². The summed E-state index contributed by atoms with van der Waals surface area (Å²) in [6, 6.07) is 5.74. The summed E-state index contributed by atoms with van der Waals surface area (Å²) in [6.07, 6.45) is 2.25. The Morgan fingerprint density at radius 1 is 1.39 bits per heavy atom. The normalized spacial score (nSPS) is 10.6. The summed E-state index contributed by atoms with van der Waals surface area (Å²) in [6.45, 7) is 2.05. The highest BCUT2D eigenvalue weighted by molar-refractivity contribution is 7.09. The van der Waals surface area contributed by atoms with E-state index in [4.69, 9.17) is 9.15 Å². The minimum atomic E-state index is -0.428. The molecule has 2 heterocycles. The van der Waals surface area contributed by atoms with Gasteiger partial charge in [-0.25, -0.2) is 4.79 Å². The van der Waals surface area contributed by atoms with E-state index in [1.807, 2.05) is 11.4 Å². The van der Waals surface area contributed by atoms with E-state index in [0.717, 1.165) is 12.8 Å². The Balaban J connectivity index is 1.84. The molecule has 2 aromatic rings. The zero-order valence-corrected chi connectivity index (χ0v) is 14.4. The highest BCUT2D eigenvalue weighted by Gasteiger charge is 2.17. The average molecular weight is 335 g/mol. The number of carbonyl (C=O) groups excluding carboxylic acids is 2. The number of hydrogen-bond donors (Lipinski definition) is 0. The van der Waals surface area contributed by atoms with E-state index in [9.17, 15) is 9.59 Å². The summed E-state index contributed by atoms with van der Waals surface area (Å²) in [4.78, 5) is 26.6. The van der Waals surface area contributed by atoms with Crippen molar-refractivity contribution in [3.8, 4) is 0 Å². The van der Waals surface area contributed by atoms with E-state index in [-0.39, 0.29) is 5.91 Å². The molecule has 124 valence electrons. The van der Waals surface area contributed by atoms with Crippen molar-refractivity contribution in [2.75, 3.05) is 14.2 Å². The molecule has 23 heavy (non-hydrogen) atoms. The van der Waals surface area contributed by atoms with Crippen molar-refractivity contribution in [3.05, 3.63) is 45.5 Å². The molecule has 0 aliphatic rings. The molecule has 0 unspecified atom stereocenters. The van der Waals surface area contributed by atoms with Gasteiger partial charge in [-0.2, -0.15) is 0 Å². The molecule has 0 radical (unpaired) electrons. The number of amides is 1. The fourth-order valence-electron chi connectivity index (χ4n) is 2.32. The first-order chi connectivity index (χ1) is 11.0. The largest absolute Gasteiger partial charge is 0.465 e. The van der Waals surface area contributed by atoms with E-state index in [1.54, 1.807) is 36.3 Å². The van der Waals surface area contributed by atoms with Crippen molar-refractivity contribution < 1.29 is 18.7 Å². The first-order valence-electron chi connectivity index (χ1n) is 7.45. The monoisotopic (exact) mass is 335 g/mol. The molecule has 0 atom stereocenters. The number of aryl methyl sites for hydroxylation is 2. The number of nitrogens with zero attached hydrogens (tertiary/aromatic N) is 1. The van der Waals surface area contributed by atoms with Gasteiger partial charge in [0.05, 0.1) is 13.7 Å². The zero-order valence-electron chi connectivity index (χ0n) is 13.6. The third-order valence-electron chi connectivity index (χ3n) is 3.59. The van der Waals surface area contributed by atoms with Gasteiger partial charge in [-0.05, 0) is 37.3 Å². The average Bonchev–Trinajstić information content (AvgIpc) is 3.16. The van der Waals surface area contributed by atoms with Crippen LogP contribution in [0, 0.1) is 6.92 Å². The van der Waals surface area contributed by atoms with E-state index in [0.29, 0.717) is 30.0 Å². The summed E-state index contributed by atoms with van der Waals surface area (Å²) >= 11 is 1.71.